The second-order valence-corrected chi connectivity index (χ2v) is 9.62. The number of carbonyl (C=O) groups is 2. The zero-order valence-corrected chi connectivity index (χ0v) is 17.7. The number of nitrogens with one attached hydrogen (secondary N) is 2. The first-order valence-electron chi connectivity index (χ1n) is 9.86. The van der Waals surface area contributed by atoms with Gasteiger partial charge in [-0.25, -0.2) is 8.42 Å². The maximum atomic E-state index is 13.0. The van der Waals surface area contributed by atoms with E-state index in [0.29, 0.717) is 24.4 Å². The summed E-state index contributed by atoms with van der Waals surface area (Å²) in [5.41, 5.74) is 1.01. The molecule has 156 valence electrons. The van der Waals surface area contributed by atoms with Gasteiger partial charge in [0.2, 0.25) is 10.0 Å². The van der Waals surface area contributed by atoms with E-state index >= 15 is 0 Å². The molecule has 1 saturated heterocycles. The Labute approximate surface area is 167 Å². The lowest BCUT2D eigenvalue weighted by molar-refractivity contribution is -0.139. The zero-order valence-electron chi connectivity index (χ0n) is 16.9. The molecular weight excluding hydrogens is 378 g/mol. The fourth-order valence-corrected chi connectivity index (χ4v) is 4.96. The highest BCUT2D eigenvalue weighted by Crippen LogP contribution is 2.27. The van der Waals surface area contributed by atoms with Gasteiger partial charge in [-0.2, -0.15) is 4.31 Å². The summed E-state index contributed by atoms with van der Waals surface area (Å²) in [6.45, 7) is 6.99. The number of nitrogens with zero attached hydrogens (tertiary/aromatic N) is 1. The van der Waals surface area contributed by atoms with Crippen molar-refractivity contribution in [1.82, 2.24) is 14.9 Å². The van der Waals surface area contributed by atoms with Crippen molar-refractivity contribution in [2.75, 3.05) is 19.6 Å². The monoisotopic (exact) mass is 409 g/mol. The minimum Gasteiger partial charge on any atom is -0.348 e. The average molecular weight is 410 g/mol. The predicted molar refractivity (Wildman–Crippen MR) is 108 cm³/mol. The van der Waals surface area contributed by atoms with E-state index in [-0.39, 0.29) is 18.5 Å². The van der Waals surface area contributed by atoms with Gasteiger partial charge >= 0.3 is 11.8 Å². The molecule has 1 aromatic carbocycles. The summed E-state index contributed by atoms with van der Waals surface area (Å²) in [4.78, 5) is 23.9. The minimum absolute atomic E-state index is 0.181. The van der Waals surface area contributed by atoms with Gasteiger partial charge in [-0.1, -0.05) is 38.0 Å². The Morgan fingerprint density at radius 3 is 2.39 bits per heavy atom. The molecule has 1 aromatic rings. The molecule has 1 heterocycles. The topological polar surface area (TPSA) is 95.6 Å². The number of hydrogen-bond acceptors (Lipinski definition) is 4. The van der Waals surface area contributed by atoms with Gasteiger partial charge in [0, 0.05) is 25.7 Å². The van der Waals surface area contributed by atoms with E-state index in [2.05, 4.69) is 10.6 Å². The SMILES string of the molecule is Cc1ccc(S(=O)(=O)N2CCCC[C@@H]2CCNC(=O)C(=O)NCC(C)C)cc1. The van der Waals surface area contributed by atoms with Crippen molar-refractivity contribution in [2.45, 2.75) is 57.4 Å². The highest BCUT2D eigenvalue weighted by atomic mass is 32.2. The van der Waals surface area contributed by atoms with Crippen molar-refractivity contribution in [2.24, 2.45) is 5.92 Å². The third-order valence-corrected chi connectivity index (χ3v) is 6.81. The largest absolute Gasteiger partial charge is 0.348 e. The summed E-state index contributed by atoms with van der Waals surface area (Å²) in [5, 5.41) is 5.17. The van der Waals surface area contributed by atoms with E-state index in [4.69, 9.17) is 0 Å². The van der Waals surface area contributed by atoms with Gasteiger partial charge in [0.25, 0.3) is 0 Å². The minimum atomic E-state index is -3.57. The zero-order chi connectivity index (χ0) is 20.7. The van der Waals surface area contributed by atoms with Crippen molar-refractivity contribution < 1.29 is 18.0 Å². The Morgan fingerprint density at radius 1 is 1.11 bits per heavy atom. The average Bonchev–Trinajstić information content (AvgIpc) is 2.66. The highest BCUT2D eigenvalue weighted by molar-refractivity contribution is 7.89. The highest BCUT2D eigenvalue weighted by Gasteiger charge is 2.33. The van der Waals surface area contributed by atoms with E-state index < -0.39 is 21.8 Å². The van der Waals surface area contributed by atoms with E-state index in [1.807, 2.05) is 20.8 Å². The summed E-state index contributed by atoms with van der Waals surface area (Å²) in [7, 11) is -3.57. The number of rotatable bonds is 7. The lowest BCUT2D eigenvalue weighted by atomic mass is 10.0. The fourth-order valence-electron chi connectivity index (χ4n) is 3.23. The molecule has 0 spiro atoms. The van der Waals surface area contributed by atoms with E-state index in [0.717, 1.165) is 24.8 Å². The van der Waals surface area contributed by atoms with Crippen LogP contribution < -0.4 is 10.6 Å². The number of aryl methyl sites for hydroxylation is 1. The van der Waals surface area contributed by atoms with Crippen LogP contribution in [-0.4, -0.2) is 50.2 Å². The molecule has 7 nitrogen and oxygen atoms in total. The van der Waals surface area contributed by atoms with Crippen LogP contribution >= 0.6 is 0 Å². The first-order chi connectivity index (χ1) is 13.2. The Morgan fingerprint density at radius 2 is 1.75 bits per heavy atom. The van der Waals surface area contributed by atoms with Crippen LogP contribution in [0.2, 0.25) is 0 Å². The molecule has 1 atom stereocenters. The van der Waals surface area contributed by atoms with Gasteiger partial charge in [0.15, 0.2) is 0 Å². The van der Waals surface area contributed by atoms with Crippen LogP contribution in [0.3, 0.4) is 0 Å². The van der Waals surface area contributed by atoms with Crippen LogP contribution in [0.15, 0.2) is 29.2 Å². The van der Waals surface area contributed by atoms with Gasteiger partial charge in [0.05, 0.1) is 4.90 Å². The lowest BCUT2D eigenvalue weighted by Crippen LogP contribution is -2.46. The predicted octanol–water partition coefficient (Wildman–Crippen LogP) is 1.82. The molecule has 0 radical (unpaired) electrons. The van der Waals surface area contributed by atoms with E-state index in [9.17, 15) is 18.0 Å². The van der Waals surface area contributed by atoms with Crippen LogP contribution in [0.1, 0.15) is 45.1 Å². The first kappa shape index (κ1) is 22.4. The Balaban J connectivity index is 1.95. The fraction of sp³-hybridized carbons (Fsp3) is 0.600. The third kappa shape index (κ3) is 6.04. The molecule has 2 rings (SSSR count). The van der Waals surface area contributed by atoms with Gasteiger partial charge in [-0.05, 0) is 44.2 Å². The van der Waals surface area contributed by atoms with Gasteiger partial charge < -0.3 is 10.6 Å². The smallest absolute Gasteiger partial charge is 0.309 e. The Bertz CT molecular complexity index is 775. The van der Waals surface area contributed by atoms with Gasteiger partial charge in [0.1, 0.15) is 0 Å². The number of amides is 2. The molecule has 1 aliphatic rings. The number of piperidine rings is 1. The molecule has 0 saturated carbocycles. The summed E-state index contributed by atoms with van der Waals surface area (Å²) < 4.78 is 27.6. The van der Waals surface area contributed by atoms with Crippen LogP contribution in [0, 0.1) is 12.8 Å². The van der Waals surface area contributed by atoms with Crippen molar-refractivity contribution >= 4 is 21.8 Å². The number of hydrogen-bond donors (Lipinski definition) is 2. The molecular formula is C20H31N3O4S. The van der Waals surface area contributed by atoms with Crippen molar-refractivity contribution in [3.05, 3.63) is 29.8 Å². The summed E-state index contributed by atoms with van der Waals surface area (Å²) in [6, 6.07) is 6.68. The number of sulfonamides is 1. The molecule has 8 heteroatoms. The van der Waals surface area contributed by atoms with Crippen LogP contribution in [-0.2, 0) is 19.6 Å². The number of benzene rings is 1. The second-order valence-electron chi connectivity index (χ2n) is 7.73. The molecule has 0 unspecified atom stereocenters. The lowest BCUT2D eigenvalue weighted by Gasteiger charge is -2.34. The van der Waals surface area contributed by atoms with Gasteiger partial charge in [-0.15, -0.1) is 0 Å². The molecule has 2 amide bonds. The maximum Gasteiger partial charge on any atom is 0.309 e. The first-order valence-corrected chi connectivity index (χ1v) is 11.3. The molecule has 0 aromatic heterocycles. The molecule has 1 fully saturated rings. The standard InChI is InChI=1S/C20H31N3O4S/c1-15(2)14-22-20(25)19(24)21-12-11-17-6-4-5-13-23(17)28(26,27)18-9-7-16(3)8-10-18/h7-10,15,17H,4-6,11-14H2,1-3H3,(H,21,24)(H,22,25)/t17-/m1/s1. The molecule has 1 aliphatic heterocycles. The van der Waals surface area contributed by atoms with Crippen LogP contribution in [0.4, 0.5) is 0 Å². The molecule has 2 N–H and O–H groups in total. The van der Waals surface area contributed by atoms with Crippen LogP contribution in [0.5, 0.6) is 0 Å². The molecule has 0 bridgehead atoms. The summed E-state index contributed by atoms with van der Waals surface area (Å²) >= 11 is 0. The second kappa shape index (κ2) is 10.0. The Hall–Kier alpha value is -1.93. The van der Waals surface area contributed by atoms with Crippen molar-refractivity contribution in [3.8, 4) is 0 Å². The van der Waals surface area contributed by atoms with Gasteiger partial charge in [-0.3, -0.25) is 9.59 Å². The van der Waals surface area contributed by atoms with E-state index in [1.54, 1.807) is 28.6 Å². The quantitative estimate of drug-likeness (QED) is 0.672. The van der Waals surface area contributed by atoms with Crippen molar-refractivity contribution in [3.63, 3.8) is 0 Å². The molecule has 0 aliphatic carbocycles. The summed E-state index contributed by atoms with van der Waals surface area (Å²) in [5.74, 6) is -1.06. The van der Waals surface area contributed by atoms with E-state index in [1.165, 1.54) is 0 Å². The summed E-state index contributed by atoms with van der Waals surface area (Å²) in [6.07, 6.45) is 3.01. The van der Waals surface area contributed by atoms with Crippen molar-refractivity contribution in [1.29, 1.82) is 0 Å². The third-order valence-electron chi connectivity index (χ3n) is 4.84. The maximum absolute atomic E-state index is 13.0. The van der Waals surface area contributed by atoms with Crippen LogP contribution in [0.25, 0.3) is 0 Å². The number of carbonyl (C=O) groups excluding carboxylic acids is 2. The normalized spacial score (nSPS) is 18.1. The Kier molecular flexibility index (Phi) is 8.00. The molecule has 28 heavy (non-hydrogen) atoms.